The van der Waals surface area contributed by atoms with Crippen LogP contribution in [0.5, 0.6) is 0 Å². The van der Waals surface area contributed by atoms with E-state index in [4.69, 9.17) is 16.3 Å². The number of alkyl halides is 1. The molecule has 1 aliphatic rings. The van der Waals surface area contributed by atoms with Crippen molar-refractivity contribution in [3.63, 3.8) is 0 Å². The second-order valence-electron chi connectivity index (χ2n) is 6.06. The number of halogens is 1. The largest absolute Gasteiger partial charge is 0.446 e. The minimum Gasteiger partial charge on any atom is -0.446 e. The highest BCUT2D eigenvalue weighted by Crippen LogP contribution is 2.60. The zero-order chi connectivity index (χ0) is 13.9. The molecule has 0 aromatic rings. The molecule has 1 aliphatic carbocycles. The Hall–Kier alpha value is -0.500. The van der Waals surface area contributed by atoms with Gasteiger partial charge in [0.15, 0.2) is 5.56 Å². The van der Waals surface area contributed by atoms with Gasteiger partial charge in [-0.1, -0.05) is 50.4 Å². The van der Waals surface area contributed by atoms with Gasteiger partial charge >= 0.3 is 5.97 Å². The van der Waals surface area contributed by atoms with Crippen LogP contribution in [-0.2, 0) is 9.53 Å². The van der Waals surface area contributed by atoms with Gasteiger partial charge in [-0.25, -0.2) is 0 Å². The second kappa shape index (κ2) is 6.10. The molecule has 1 fully saturated rings. The van der Waals surface area contributed by atoms with E-state index < -0.39 is 5.56 Å². The Morgan fingerprint density at radius 2 is 2.06 bits per heavy atom. The summed E-state index contributed by atoms with van der Waals surface area (Å²) < 4.78 is 5.32. The highest BCUT2D eigenvalue weighted by Gasteiger charge is 2.61. The van der Waals surface area contributed by atoms with E-state index in [1.54, 1.807) is 0 Å². The molecule has 0 saturated heterocycles. The number of unbranched alkanes of at least 4 members (excludes halogenated alkanes) is 1. The number of ether oxygens (including phenoxy) is 1. The lowest BCUT2D eigenvalue weighted by Crippen LogP contribution is -2.16. The maximum Gasteiger partial charge on any atom is 0.311 e. The molecule has 0 amide bonds. The molecule has 2 nitrogen and oxygen atoms in total. The van der Waals surface area contributed by atoms with E-state index in [-0.39, 0.29) is 17.3 Å². The van der Waals surface area contributed by atoms with Crippen molar-refractivity contribution in [1.82, 2.24) is 0 Å². The highest BCUT2D eigenvalue weighted by molar-refractivity contribution is 6.20. The number of hydrogen-bond donors (Lipinski definition) is 0. The van der Waals surface area contributed by atoms with Gasteiger partial charge in [-0.05, 0) is 38.0 Å². The predicted octanol–water partition coefficient (Wildman–Crippen LogP) is 4.52. The van der Waals surface area contributed by atoms with Gasteiger partial charge in [0, 0.05) is 0 Å². The van der Waals surface area contributed by atoms with Gasteiger partial charge < -0.3 is 4.74 Å². The van der Waals surface area contributed by atoms with Gasteiger partial charge in [0.05, 0.1) is 5.92 Å². The van der Waals surface area contributed by atoms with Crippen LogP contribution in [0.15, 0.2) is 11.6 Å². The van der Waals surface area contributed by atoms with Crippen molar-refractivity contribution in [2.45, 2.75) is 59.4 Å². The van der Waals surface area contributed by atoms with Gasteiger partial charge in [0.25, 0.3) is 0 Å². The molecule has 1 saturated carbocycles. The topological polar surface area (TPSA) is 26.3 Å². The fraction of sp³-hybridized carbons (Fsp3) is 0.800. The van der Waals surface area contributed by atoms with Crippen LogP contribution in [0.25, 0.3) is 0 Å². The molecule has 104 valence electrons. The lowest BCUT2D eigenvalue weighted by molar-refractivity contribution is -0.148. The molecule has 0 radical (unpaired) electrons. The van der Waals surface area contributed by atoms with E-state index in [9.17, 15) is 4.79 Å². The van der Waals surface area contributed by atoms with Crippen LogP contribution in [-0.4, -0.2) is 11.5 Å². The average Bonchev–Trinajstić information content (AvgIpc) is 2.76. The quantitative estimate of drug-likeness (QED) is 0.404. The number of rotatable bonds is 6. The number of carbonyl (C=O) groups excluding carboxylic acids is 1. The maximum absolute atomic E-state index is 12.1. The smallest absolute Gasteiger partial charge is 0.311 e. The first-order valence-corrected chi connectivity index (χ1v) is 7.24. The molecule has 0 bridgehead atoms. The molecule has 3 heteroatoms. The van der Waals surface area contributed by atoms with Crippen molar-refractivity contribution in [3.8, 4) is 0 Å². The molecule has 3 unspecified atom stereocenters. The molecular formula is C15H25ClO2. The predicted molar refractivity (Wildman–Crippen MR) is 75.5 cm³/mol. The first-order valence-electron chi connectivity index (χ1n) is 6.80. The van der Waals surface area contributed by atoms with Crippen molar-refractivity contribution >= 4 is 17.6 Å². The first-order chi connectivity index (χ1) is 8.30. The summed E-state index contributed by atoms with van der Waals surface area (Å²) in [4.78, 5) is 12.1. The van der Waals surface area contributed by atoms with E-state index in [0.717, 1.165) is 19.3 Å². The SMILES string of the molecule is CCCCC(Cl)OC(=O)C1C(C=C(C)C)C1(C)C. The van der Waals surface area contributed by atoms with E-state index in [1.807, 2.05) is 0 Å². The summed E-state index contributed by atoms with van der Waals surface area (Å²) in [7, 11) is 0. The Morgan fingerprint density at radius 1 is 1.44 bits per heavy atom. The monoisotopic (exact) mass is 272 g/mol. The molecular weight excluding hydrogens is 248 g/mol. The van der Waals surface area contributed by atoms with Gasteiger partial charge in [-0.3, -0.25) is 4.79 Å². The van der Waals surface area contributed by atoms with E-state index >= 15 is 0 Å². The van der Waals surface area contributed by atoms with Gasteiger partial charge in [-0.15, -0.1) is 0 Å². The van der Waals surface area contributed by atoms with Crippen LogP contribution in [0.2, 0.25) is 0 Å². The first kappa shape index (κ1) is 15.6. The normalized spacial score (nSPS) is 26.3. The molecule has 0 N–H and O–H groups in total. The van der Waals surface area contributed by atoms with Crippen LogP contribution in [0.4, 0.5) is 0 Å². The van der Waals surface area contributed by atoms with Crippen molar-refractivity contribution < 1.29 is 9.53 Å². The standard InChI is InChI=1S/C15H25ClO2/c1-6-7-8-12(16)18-14(17)13-11(9-10(2)3)15(13,4)5/h9,11-13H,6-8H2,1-5H3. The maximum atomic E-state index is 12.1. The lowest BCUT2D eigenvalue weighted by atomic mass is 10.1. The molecule has 0 aromatic carbocycles. The van der Waals surface area contributed by atoms with E-state index in [0.29, 0.717) is 5.92 Å². The lowest BCUT2D eigenvalue weighted by Gasteiger charge is -2.11. The van der Waals surface area contributed by atoms with Gasteiger partial charge in [0.2, 0.25) is 0 Å². The molecule has 0 heterocycles. The van der Waals surface area contributed by atoms with Gasteiger partial charge in [-0.2, -0.15) is 0 Å². The van der Waals surface area contributed by atoms with Crippen molar-refractivity contribution in [2.75, 3.05) is 0 Å². The Morgan fingerprint density at radius 3 is 2.56 bits per heavy atom. The van der Waals surface area contributed by atoms with Crippen LogP contribution >= 0.6 is 11.6 Å². The van der Waals surface area contributed by atoms with Crippen molar-refractivity contribution in [1.29, 1.82) is 0 Å². The van der Waals surface area contributed by atoms with Gasteiger partial charge in [0.1, 0.15) is 0 Å². The summed E-state index contributed by atoms with van der Waals surface area (Å²) >= 11 is 6.01. The summed E-state index contributed by atoms with van der Waals surface area (Å²) in [5, 5.41) is 0. The number of esters is 1. The summed E-state index contributed by atoms with van der Waals surface area (Å²) in [6.45, 7) is 10.4. The minimum atomic E-state index is -0.471. The summed E-state index contributed by atoms with van der Waals surface area (Å²) in [6, 6.07) is 0. The van der Waals surface area contributed by atoms with Crippen LogP contribution in [0, 0.1) is 17.3 Å². The number of allylic oxidation sites excluding steroid dienone is 2. The Labute approximate surface area is 116 Å². The van der Waals surface area contributed by atoms with Crippen LogP contribution in [0.1, 0.15) is 53.9 Å². The second-order valence-corrected chi connectivity index (χ2v) is 6.54. The molecule has 18 heavy (non-hydrogen) atoms. The molecule has 0 aliphatic heterocycles. The third kappa shape index (κ3) is 3.74. The molecule has 3 atom stereocenters. The fourth-order valence-corrected chi connectivity index (χ4v) is 2.66. The summed E-state index contributed by atoms with van der Waals surface area (Å²) in [5.41, 5.74) is 0.786. The zero-order valence-corrected chi connectivity index (χ0v) is 12.9. The Balaban J connectivity index is 2.51. The average molecular weight is 273 g/mol. The molecule has 0 spiro atoms. The number of carbonyl (C=O) groups is 1. The number of hydrogen-bond acceptors (Lipinski definition) is 2. The summed E-state index contributed by atoms with van der Waals surface area (Å²) in [6.07, 6.45) is 4.97. The molecule has 0 aromatic heterocycles. The Kier molecular flexibility index (Phi) is 5.27. The van der Waals surface area contributed by atoms with Crippen LogP contribution in [0.3, 0.4) is 0 Å². The van der Waals surface area contributed by atoms with E-state index in [1.165, 1.54) is 5.57 Å². The van der Waals surface area contributed by atoms with Crippen molar-refractivity contribution in [3.05, 3.63) is 11.6 Å². The summed E-state index contributed by atoms with van der Waals surface area (Å²) in [5.74, 6) is 0.124. The Bertz CT molecular complexity index is 329. The minimum absolute atomic E-state index is 0.00964. The van der Waals surface area contributed by atoms with Crippen molar-refractivity contribution in [2.24, 2.45) is 17.3 Å². The third-order valence-corrected chi connectivity index (χ3v) is 4.01. The van der Waals surface area contributed by atoms with E-state index in [2.05, 4.69) is 40.7 Å². The van der Waals surface area contributed by atoms with Crippen LogP contribution < -0.4 is 0 Å². The molecule has 1 rings (SSSR count). The third-order valence-electron chi connectivity index (χ3n) is 3.71. The fourth-order valence-electron chi connectivity index (χ4n) is 2.42. The zero-order valence-electron chi connectivity index (χ0n) is 12.1. The highest BCUT2D eigenvalue weighted by atomic mass is 35.5.